The number of aromatic nitrogens is 2. The van der Waals surface area contributed by atoms with Gasteiger partial charge < -0.3 is 15.0 Å². The van der Waals surface area contributed by atoms with Crippen LogP contribution in [0.5, 0.6) is 0 Å². The molecule has 5 nitrogen and oxygen atoms in total. The monoisotopic (exact) mass is 377 g/mol. The Morgan fingerprint density at radius 3 is 2.67 bits per heavy atom. The lowest BCUT2D eigenvalue weighted by atomic mass is 9.87. The van der Waals surface area contributed by atoms with Gasteiger partial charge in [0.15, 0.2) is 11.6 Å². The molecule has 0 spiro atoms. The molecule has 0 saturated heterocycles. The van der Waals surface area contributed by atoms with E-state index < -0.39 is 17.7 Å². The molecular formula is C20H25F2N3O2. The second kappa shape index (κ2) is 7.38. The molecule has 2 aromatic rings. The maximum atomic E-state index is 13.7. The van der Waals surface area contributed by atoms with Gasteiger partial charge in [-0.25, -0.2) is 13.8 Å². The summed E-state index contributed by atoms with van der Waals surface area (Å²) in [5, 5.41) is 12.5. The third-order valence-corrected chi connectivity index (χ3v) is 5.04. The van der Waals surface area contributed by atoms with Crippen LogP contribution in [0.3, 0.4) is 0 Å². The molecule has 0 saturated carbocycles. The fourth-order valence-electron chi connectivity index (χ4n) is 3.34. The highest BCUT2D eigenvalue weighted by atomic mass is 19.2. The van der Waals surface area contributed by atoms with E-state index in [1.54, 1.807) is 0 Å². The minimum Gasteiger partial charge on any atom is -0.394 e. The molecule has 0 bridgehead atoms. The molecule has 1 aliphatic rings. The summed E-state index contributed by atoms with van der Waals surface area (Å²) in [4.78, 5) is 17.3. The highest BCUT2D eigenvalue weighted by molar-refractivity contribution is 5.94. The Labute approximate surface area is 157 Å². The van der Waals surface area contributed by atoms with Gasteiger partial charge in [-0.05, 0) is 42.9 Å². The first-order valence-corrected chi connectivity index (χ1v) is 9.19. The molecule has 7 heteroatoms. The van der Waals surface area contributed by atoms with E-state index >= 15 is 0 Å². The van der Waals surface area contributed by atoms with Gasteiger partial charge >= 0.3 is 0 Å². The van der Waals surface area contributed by atoms with Gasteiger partial charge in [-0.1, -0.05) is 20.8 Å². The molecule has 0 aliphatic carbocycles. The number of halogens is 2. The lowest BCUT2D eigenvalue weighted by Crippen LogP contribution is -2.46. The summed E-state index contributed by atoms with van der Waals surface area (Å²) in [7, 11) is 0. The van der Waals surface area contributed by atoms with E-state index in [0.717, 1.165) is 30.7 Å². The van der Waals surface area contributed by atoms with E-state index in [1.807, 2.05) is 25.3 Å². The van der Waals surface area contributed by atoms with Crippen LogP contribution >= 0.6 is 0 Å². The van der Waals surface area contributed by atoms with Crippen molar-refractivity contribution in [1.82, 2.24) is 14.9 Å². The van der Waals surface area contributed by atoms with E-state index in [-0.39, 0.29) is 23.6 Å². The van der Waals surface area contributed by atoms with Crippen LogP contribution in [0.25, 0.3) is 11.4 Å². The Balaban J connectivity index is 2.00. The van der Waals surface area contributed by atoms with E-state index in [2.05, 4.69) is 10.3 Å². The SMILES string of the molecule is CC(C)(C)[C@@H](CO)NC(=O)c1nc(-c2ccc(F)c(F)c2)n2c1CCCC2. The van der Waals surface area contributed by atoms with Crippen LogP contribution in [0.2, 0.25) is 0 Å². The van der Waals surface area contributed by atoms with Crippen LogP contribution in [0, 0.1) is 17.0 Å². The van der Waals surface area contributed by atoms with Crippen LogP contribution in [-0.4, -0.2) is 33.2 Å². The molecule has 2 heterocycles. The Morgan fingerprint density at radius 1 is 1.30 bits per heavy atom. The van der Waals surface area contributed by atoms with Gasteiger partial charge in [0.1, 0.15) is 11.5 Å². The topological polar surface area (TPSA) is 67.2 Å². The highest BCUT2D eigenvalue weighted by Gasteiger charge is 2.30. The quantitative estimate of drug-likeness (QED) is 0.859. The molecule has 1 aromatic carbocycles. The van der Waals surface area contributed by atoms with E-state index in [1.165, 1.54) is 6.07 Å². The fourth-order valence-corrected chi connectivity index (χ4v) is 3.34. The summed E-state index contributed by atoms with van der Waals surface area (Å²) in [6.07, 6.45) is 2.56. The molecule has 3 rings (SSSR count). The summed E-state index contributed by atoms with van der Waals surface area (Å²) in [5.41, 5.74) is 1.21. The summed E-state index contributed by atoms with van der Waals surface area (Å²) >= 11 is 0. The van der Waals surface area contributed by atoms with Crippen molar-refractivity contribution in [3.8, 4) is 11.4 Å². The standard InChI is InChI=1S/C20H25F2N3O2/c1-20(2,3)16(11-26)23-19(27)17-15-6-4-5-9-25(15)18(24-17)12-7-8-13(21)14(22)10-12/h7-8,10,16,26H,4-6,9,11H2,1-3H3,(H,23,27)/t16-/m1/s1. The molecule has 0 fully saturated rings. The zero-order valence-corrected chi connectivity index (χ0v) is 15.9. The van der Waals surface area contributed by atoms with E-state index in [9.17, 15) is 18.7 Å². The first kappa shape index (κ1) is 19.5. The van der Waals surface area contributed by atoms with Crippen molar-refractivity contribution in [2.24, 2.45) is 5.41 Å². The molecule has 0 unspecified atom stereocenters. The minimum absolute atomic E-state index is 0.179. The van der Waals surface area contributed by atoms with Crippen molar-refractivity contribution in [3.63, 3.8) is 0 Å². The number of benzene rings is 1. The number of hydrogen-bond acceptors (Lipinski definition) is 3. The number of amides is 1. The average Bonchev–Trinajstić information content (AvgIpc) is 3.00. The minimum atomic E-state index is -0.945. The molecule has 1 atom stereocenters. The zero-order valence-electron chi connectivity index (χ0n) is 15.9. The Morgan fingerprint density at radius 2 is 2.04 bits per heavy atom. The molecule has 27 heavy (non-hydrogen) atoms. The number of imidazole rings is 1. The van der Waals surface area contributed by atoms with Crippen molar-refractivity contribution in [1.29, 1.82) is 0 Å². The maximum absolute atomic E-state index is 13.7. The van der Waals surface area contributed by atoms with Crippen LogP contribution in [0.15, 0.2) is 18.2 Å². The van der Waals surface area contributed by atoms with Crippen molar-refractivity contribution < 1.29 is 18.7 Å². The summed E-state index contributed by atoms with van der Waals surface area (Å²) in [6, 6.07) is 3.22. The average molecular weight is 377 g/mol. The van der Waals surface area contributed by atoms with E-state index in [0.29, 0.717) is 24.4 Å². The van der Waals surface area contributed by atoms with Gasteiger partial charge in [-0.15, -0.1) is 0 Å². The van der Waals surface area contributed by atoms with Crippen molar-refractivity contribution in [2.45, 2.75) is 52.6 Å². The van der Waals surface area contributed by atoms with Crippen molar-refractivity contribution in [3.05, 3.63) is 41.2 Å². The second-order valence-corrected chi connectivity index (χ2v) is 8.04. The number of nitrogens with one attached hydrogen (secondary N) is 1. The normalized spacial score (nSPS) is 15.3. The van der Waals surface area contributed by atoms with Crippen LogP contribution in [0.1, 0.15) is 49.8 Å². The fraction of sp³-hybridized carbons (Fsp3) is 0.500. The largest absolute Gasteiger partial charge is 0.394 e. The first-order valence-electron chi connectivity index (χ1n) is 9.19. The number of aliphatic hydroxyl groups is 1. The van der Waals surface area contributed by atoms with Crippen molar-refractivity contribution >= 4 is 5.91 Å². The van der Waals surface area contributed by atoms with E-state index in [4.69, 9.17) is 0 Å². The number of nitrogens with zero attached hydrogens (tertiary/aromatic N) is 2. The van der Waals surface area contributed by atoms with Gasteiger partial charge in [0.25, 0.3) is 5.91 Å². The van der Waals surface area contributed by atoms with Gasteiger partial charge in [0.05, 0.1) is 18.3 Å². The summed E-state index contributed by atoms with van der Waals surface area (Å²) in [6.45, 7) is 6.30. The predicted molar refractivity (Wildman–Crippen MR) is 98.3 cm³/mol. The molecular weight excluding hydrogens is 352 g/mol. The number of carbonyl (C=O) groups excluding carboxylic acids is 1. The molecule has 1 amide bonds. The Hall–Kier alpha value is -2.28. The zero-order chi connectivity index (χ0) is 19.8. The molecule has 0 radical (unpaired) electrons. The number of rotatable bonds is 4. The molecule has 1 aromatic heterocycles. The lowest BCUT2D eigenvalue weighted by Gasteiger charge is -2.29. The van der Waals surface area contributed by atoms with Crippen LogP contribution in [-0.2, 0) is 13.0 Å². The summed E-state index contributed by atoms with van der Waals surface area (Å²) in [5.74, 6) is -1.76. The first-order chi connectivity index (χ1) is 12.7. The smallest absolute Gasteiger partial charge is 0.272 e. The number of aliphatic hydroxyl groups excluding tert-OH is 1. The summed E-state index contributed by atoms with van der Waals surface area (Å²) < 4.78 is 28.9. The third-order valence-electron chi connectivity index (χ3n) is 5.04. The van der Waals surface area contributed by atoms with Crippen LogP contribution in [0.4, 0.5) is 8.78 Å². The second-order valence-electron chi connectivity index (χ2n) is 8.04. The number of fused-ring (bicyclic) bond motifs is 1. The Kier molecular flexibility index (Phi) is 5.33. The van der Waals surface area contributed by atoms with Gasteiger partial charge in [-0.2, -0.15) is 0 Å². The van der Waals surface area contributed by atoms with Crippen molar-refractivity contribution in [2.75, 3.05) is 6.61 Å². The third kappa shape index (κ3) is 3.88. The lowest BCUT2D eigenvalue weighted by molar-refractivity contribution is 0.0842. The maximum Gasteiger partial charge on any atom is 0.272 e. The molecule has 1 aliphatic heterocycles. The van der Waals surface area contributed by atoms with Gasteiger partial charge in [0.2, 0.25) is 0 Å². The highest BCUT2D eigenvalue weighted by Crippen LogP contribution is 2.29. The number of hydrogen-bond donors (Lipinski definition) is 2. The predicted octanol–water partition coefficient (Wildman–Crippen LogP) is 3.30. The van der Waals surface area contributed by atoms with Crippen LogP contribution < -0.4 is 5.32 Å². The molecule has 2 N–H and O–H groups in total. The molecule has 146 valence electrons. The van der Waals surface area contributed by atoms with Gasteiger partial charge in [0, 0.05) is 12.1 Å². The number of carbonyl (C=O) groups is 1. The Bertz CT molecular complexity index is 856. The van der Waals surface area contributed by atoms with Gasteiger partial charge in [-0.3, -0.25) is 4.79 Å².